The van der Waals surface area contributed by atoms with E-state index in [0.29, 0.717) is 0 Å². The number of hydrogen-bond acceptors (Lipinski definition) is 2. The first-order valence-corrected chi connectivity index (χ1v) is 4.62. The SMILES string of the molecule is CC.CCCC(C)=N/C=C(\C)N. The first-order valence-electron chi connectivity index (χ1n) is 4.62. The molecule has 0 aromatic heterocycles. The van der Waals surface area contributed by atoms with Crippen LogP contribution in [0.3, 0.4) is 0 Å². The highest BCUT2D eigenvalue weighted by Gasteiger charge is 1.84. The number of allylic oxidation sites excluding steroid dienone is 1. The third kappa shape index (κ3) is 11.9. The molecule has 0 aliphatic heterocycles. The Hall–Kier alpha value is -0.790. The van der Waals surface area contributed by atoms with E-state index in [1.54, 1.807) is 6.20 Å². The summed E-state index contributed by atoms with van der Waals surface area (Å²) in [5, 5.41) is 0. The van der Waals surface area contributed by atoms with Crippen molar-refractivity contribution in [3.63, 3.8) is 0 Å². The molecule has 0 fully saturated rings. The lowest BCUT2D eigenvalue weighted by Crippen LogP contribution is -1.92. The van der Waals surface area contributed by atoms with Crippen LogP contribution in [0.1, 0.15) is 47.5 Å². The summed E-state index contributed by atoms with van der Waals surface area (Å²) < 4.78 is 0. The Balaban J connectivity index is 0. The van der Waals surface area contributed by atoms with Gasteiger partial charge in [-0.2, -0.15) is 0 Å². The van der Waals surface area contributed by atoms with Crippen LogP contribution in [0.5, 0.6) is 0 Å². The summed E-state index contributed by atoms with van der Waals surface area (Å²) >= 11 is 0. The summed E-state index contributed by atoms with van der Waals surface area (Å²) in [5.74, 6) is 0. The summed E-state index contributed by atoms with van der Waals surface area (Å²) in [6.07, 6.45) is 3.90. The summed E-state index contributed by atoms with van der Waals surface area (Å²) in [5.41, 5.74) is 7.30. The van der Waals surface area contributed by atoms with E-state index < -0.39 is 0 Å². The van der Waals surface area contributed by atoms with Crippen LogP contribution in [0.25, 0.3) is 0 Å². The van der Waals surface area contributed by atoms with Crippen molar-refractivity contribution in [2.75, 3.05) is 0 Å². The molecule has 0 aromatic carbocycles. The number of nitrogens with two attached hydrogens (primary N) is 1. The van der Waals surface area contributed by atoms with Gasteiger partial charge >= 0.3 is 0 Å². The molecule has 0 amide bonds. The Morgan fingerprint density at radius 3 is 2.17 bits per heavy atom. The number of aliphatic imine (C=N–C) groups is 1. The highest BCUT2D eigenvalue weighted by molar-refractivity contribution is 5.82. The zero-order valence-electron chi connectivity index (χ0n) is 9.02. The van der Waals surface area contributed by atoms with Gasteiger partial charge < -0.3 is 5.73 Å². The molecule has 2 N–H and O–H groups in total. The average Bonchev–Trinajstić information content (AvgIpc) is 2.05. The molecule has 0 radical (unpaired) electrons. The van der Waals surface area contributed by atoms with Crippen molar-refractivity contribution >= 4 is 5.71 Å². The molecule has 0 saturated heterocycles. The normalized spacial score (nSPS) is 12.1. The zero-order valence-corrected chi connectivity index (χ0v) is 9.02. The molecule has 0 aliphatic rings. The van der Waals surface area contributed by atoms with Crippen molar-refractivity contribution in [2.24, 2.45) is 10.7 Å². The van der Waals surface area contributed by atoms with Crippen molar-refractivity contribution < 1.29 is 0 Å². The van der Waals surface area contributed by atoms with Crippen LogP contribution in [0, 0.1) is 0 Å². The fourth-order valence-electron chi connectivity index (χ4n) is 0.638. The lowest BCUT2D eigenvalue weighted by atomic mass is 10.2. The Bertz CT molecular complexity index is 142. The highest BCUT2D eigenvalue weighted by atomic mass is 14.7. The molecular weight excluding hydrogens is 148 g/mol. The van der Waals surface area contributed by atoms with Crippen LogP contribution in [0.4, 0.5) is 0 Å². The monoisotopic (exact) mass is 170 g/mol. The average molecular weight is 170 g/mol. The Kier molecular flexibility index (Phi) is 11.7. The first-order chi connectivity index (χ1) is 5.66. The van der Waals surface area contributed by atoms with Gasteiger partial charge in [-0.05, 0) is 20.3 Å². The first kappa shape index (κ1) is 13.8. The van der Waals surface area contributed by atoms with Crippen LogP contribution < -0.4 is 5.73 Å². The van der Waals surface area contributed by atoms with Gasteiger partial charge in [-0.25, -0.2) is 0 Å². The maximum atomic E-state index is 5.39. The largest absolute Gasteiger partial charge is 0.401 e. The topological polar surface area (TPSA) is 38.4 Å². The standard InChI is InChI=1S/C8H16N2.C2H6/c1-4-5-8(3)10-6-7(2)9;1-2/h6H,4-5,9H2,1-3H3;1-2H3/b7-6+,10-8?;. The van der Waals surface area contributed by atoms with Gasteiger partial charge in [0, 0.05) is 17.6 Å². The van der Waals surface area contributed by atoms with Crippen LogP contribution >= 0.6 is 0 Å². The fourth-order valence-corrected chi connectivity index (χ4v) is 0.638. The van der Waals surface area contributed by atoms with Crippen molar-refractivity contribution in [3.8, 4) is 0 Å². The van der Waals surface area contributed by atoms with E-state index in [2.05, 4.69) is 11.9 Å². The van der Waals surface area contributed by atoms with Crippen molar-refractivity contribution in [1.82, 2.24) is 0 Å². The van der Waals surface area contributed by atoms with Crippen molar-refractivity contribution in [2.45, 2.75) is 47.5 Å². The molecule has 0 bridgehead atoms. The number of rotatable bonds is 3. The van der Waals surface area contributed by atoms with E-state index in [4.69, 9.17) is 5.73 Å². The number of nitrogens with zero attached hydrogens (tertiary/aromatic N) is 1. The Morgan fingerprint density at radius 1 is 1.33 bits per heavy atom. The lowest BCUT2D eigenvalue weighted by molar-refractivity contribution is 0.986. The third-order valence-electron chi connectivity index (χ3n) is 1.10. The minimum Gasteiger partial charge on any atom is -0.401 e. The minimum absolute atomic E-state index is 0.760. The van der Waals surface area contributed by atoms with E-state index in [1.807, 2.05) is 27.7 Å². The van der Waals surface area contributed by atoms with Gasteiger partial charge in [0.2, 0.25) is 0 Å². The van der Waals surface area contributed by atoms with Gasteiger partial charge in [-0.1, -0.05) is 27.2 Å². The highest BCUT2D eigenvalue weighted by Crippen LogP contribution is 1.92. The summed E-state index contributed by atoms with van der Waals surface area (Å²) in [6, 6.07) is 0. The Labute approximate surface area is 76.6 Å². The van der Waals surface area contributed by atoms with Crippen LogP contribution in [0.2, 0.25) is 0 Å². The van der Waals surface area contributed by atoms with Gasteiger partial charge in [-0.3, -0.25) is 4.99 Å². The number of hydrogen-bond donors (Lipinski definition) is 1. The van der Waals surface area contributed by atoms with Crippen molar-refractivity contribution in [1.29, 1.82) is 0 Å². The van der Waals surface area contributed by atoms with E-state index >= 15 is 0 Å². The molecule has 2 nitrogen and oxygen atoms in total. The molecule has 0 unspecified atom stereocenters. The molecule has 0 heterocycles. The van der Waals surface area contributed by atoms with Crippen LogP contribution in [-0.2, 0) is 0 Å². The van der Waals surface area contributed by atoms with E-state index in [-0.39, 0.29) is 0 Å². The molecule has 0 spiro atoms. The molecule has 0 atom stereocenters. The van der Waals surface area contributed by atoms with Gasteiger partial charge in [-0.15, -0.1) is 0 Å². The molecule has 12 heavy (non-hydrogen) atoms. The van der Waals surface area contributed by atoms with Crippen molar-refractivity contribution in [3.05, 3.63) is 11.9 Å². The fraction of sp³-hybridized carbons (Fsp3) is 0.700. The third-order valence-corrected chi connectivity index (χ3v) is 1.10. The summed E-state index contributed by atoms with van der Waals surface area (Å²) in [4.78, 5) is 4.14. The van der Waals surface area contributed by atoms with Crippen LogP contribution in [0.15, 0.2) is 16.9 Å². The molecular formula is C10H22N2. The van der Waals surface area contributed by atoms with Gasteiger partial charge in [0.25, 0.3) is 0 Å². The zero-order chi connectivity index (χ0) is 9.98. The summed E-state index contributed by atoms with van der Waals surface area (Å²) in [7, 11) is 0. The second kappa shape index (κ2) is 10.2. The minimum atomic E-state index is 0.760. The van der Waals surface area contributed by atoms with Gasteiger partial charge in [0.15, 0.2) is 0 Å². The van der Waals surface area contributed by atoms with Gasteiger partial charge in [0.05, 0.1) is 0 Å². The molecule has 0 aromatic rings. The molecule has 0 rings (SSSR count). The molecule has 0 saturated carbocycles. The van der Waals surface area contributed by atoms with Crippen LogP contribution in [-0.4, -0.2) is 5.71 Å². The van der Waals surface area contributed by atoms with E-state index in [0.717, 1.165) is 24.3 Å². The maximum Gasteiger partial charge on any atom is 0.0451 e. The molecule has 72 valence electrons. The van der Waals surface area contributed by atoms with E-state index in [9.17, 15) is 0 Å². The van der Waals surface area contributed by atoms with E-state index in [1.165, 1.54) is 0 Å². The Morgan fingerprint density at radius 2 is 1.83 bits per heavy atom. The second-order valence-corrected chi connectivity index (χ2v) is 2.49. The molecule has 2 heteroatoms. The predicted molar refractivity (Wildman–Crippen MR) is 57.3 cm³/mol. The lowest BCUT2D eigenvalue weighted by Gasteiger charge is -1.92. The maximum absolute atomic E-state index is 5.39. The smallest absolute Gasteiger partial charge is 0.0451 e. The second-order valence-electron chi connectivity index (χ2n) is 2.49. The van der Waals surface area contributed by atoms with Gasteiger partial charge in [0.1, 0.15) is 0 Å². The predicted octanol–water partition coefficient (Wildman–Crippen LogP) is 3.09. The quantitative estimate of drug-likeness (QED) is 0.649. The summed E-state index contributed by atoms with van der Waals surface area (Å²) in [6.45, 7) is 9.99. The molecule has 0 aliphatic carbocycles.